The van der Waals surface area contributed by atoms with E-state index in [2.05, 4.69) is 114 Å². The van der Waals surface area contributed by atoms with E-state index in [0.29, 0.717) is 11.1 Å². The molecule has 1 unspecified atom stereocenters. The molecular formula is C46H35F2N3. The number of benzene rings is 6. The normalized spacial score (nSPS) is 12.4. The van der Waals surface area contributed by atoms with E-state index >= 15 is 0 Å². The number of hydrogen-bond acceptors (Lipinski definition) is 1. The lowest BCUT2D eigenvalue weighted by molar-refractivity contribution is 0.585. The van der Waals surface area contributed by atoms with Crippen LogP contribution in [0.25, 0.3) is 66.0 Å². The lowest BCUT2D eigenvalue weighted by atomic mass is 9.84. The number of para-hydroxylation sites is 2. The van der Waals surface area contributed by atoms with Crippen LogP contribution in [-0.4, -0.2) is 14.1 Å². The summed E-state index contributed by atoms with van der Waals surface area (Å²) in [7, 11) is 0. The Hall–Kier alpha value is -6.07. The Kier molecular flexibility index (Phi) is 7.50. The van der Waals surface area contributed by atoms with Gasteiger partial charge >= 0.3 is 0 Å². The summed E-state index contributed by atoms with van der Waals surface area (Å²) < 4.78 is 33.1. The molecule has 0 amide bonds. The summed E-state index contributed by atoms with van der Waals surface area (Å²) in [4.78, 5) is 4.99. The maximum absolute atomic E-state index is 14.7. The van der Waals surface area contributed by atoms with Crippen LogP contribution in [0.1, 0.15) is 36.5 Å². The zero-order chi connectivity index (χ0) is 34.6. The maximum Gasteiger partial charge on any atom is 0.133 e. The Morgan fingerprint density at radius 2 is 1.14 bits per heavy atom. The molecule has 248 valence electrons. The van der Waals surface area contributed by atoms with Crippen molar-refractivity contribution in [2.45, 2.75) is 32.9 Å². The second-order valence-electron chi connectivity index (χ2n) is 13.2. The first-order chi connectivity index (χ1) is 25.0. The number of halogens is 2. The highest BCUT2D eigenvalue weighted by Gasteiger charge is 2.22. The Morgan fingerprint density at radius 3 is 1.86 bits per heavy atom. The molecule has 9 rings (SSSR count). The van der Waals surface area contributed by atoms with Crippen molar-refractivity contribution in [1.29, 1.82) is 0 Å². The van der Waals surface area contributed by atoms with E-state index < -0.39 is 11.6 Å². The van der Waals surface area contributed by atoms with Crippen molar-refractivity contribution >= 4 is 43.6 Å². The highest BCUT2D eigenvalue weighted by atomic mass is 19.1. The van der Waals surface area contributed by atoms with E-state index in [-0.39, 0.29) is 5.92 Å². The largest absolute Gasteiger partial charge is 0.341 e. The summed E-state index contributed by atoms with van der Waals surface area (Å²) in [5, 5.41) is 5.01. The monoisotopic (exact) mass is 667 g/mol. The summed E-state index contributed by atoms with van der Waals surface area (Å²) in [6.45, 7) is 6.17. The molecular weight excluding hydrogens is 633 g/mol. The van der Waals surface area contributed by atoms with Crippen molar-refractivity contribution < 1.29 is 8.78 Å². The summed E-state index contributed by atoms with van der Waals surface area (Å²) in [6.07, 6.45) is 1.98. The van der Waals surface area contributed by atoms with E-state index in [9.17, 15) is 8.78 Å². The Balaban J connectivity index is 1.20. The lowest BCUT2D eigenvalue weighted by Gasteiger charge is -2.20. The highest BCUT2D eigenvalue weighted by molar-refractivity contribution is 6.09. The van der Waals surface area contributed by atoms with Crippen molar-refractivity contribution in [1.82, 2.24) is 14.1 Å². The van der Waals surface area contributed by atoms with Crippen LogP contribution in [0.5, 0.6) is 0 Å². The average molecular weight is 668 g/mol. The van der Waals surface area contributed by atoms with Gasteiger partial charge in [0.15, 0.2) is 0 Å². The minimum atomic E-state index is -0.593. The maximum atomic E-state index is 14.7. The number of hydrogen-bond donors (Lipinski definition) is 0. The standard InChI is InChI=1S/C46H35F2N3/c1-3-50-43-15-8-6-13-37(43)39-25-31(18-23-44(39)50)46(32-16-20-38-36-12-5-7-14-42(36)51(4-2)45(38)26-32)33-17-22-41(49-28-33)30-11-9-10-29(24-30)35-21-19-34(47)27-40(35)48/h5-28,46H,3-4H2,1-2H3. The second-order valence-corrected chi connectivity index (χ2v) is 13.2. The molecule has 0 saturated carbocycles. The van der Waals surface area contributed by atoms with Gasteiger partial charge in [-0.15, -0.1) is 0 Å². The number of fused-ring (bicyclic) bond motifs is 6. The first kappa shape index (κ1) is 30.9. The first-order valence-electron chi connectivity index (χ1n) is 17.6. The molecule has 3 heterocycles. The summed E-state index contributed by atoms with van der Waals surface area (Å²) in [5.74, 6) is -1.26. The molecule has 0 aliphatic carbocycles. The van der Waals surface area contributed by atoms with Crippen molar-refractivity contribution in [2.24, 2.45) is 0 Å². The molecule has 1 atom stereocenters. The topological polar surface area (TPSA) is 22.8 Å². The van der Waals surface area contributed by atoms with Gasteiger partial charge in [0, 0.05) is 86.0 Å². The third-order valence-electron chi connectivity index (χ3n) is 10.4. The predicted molar refractivity (Wildman–Crippen MR) is 206 cm³/mol. The second kappa shape index (κ2) is 12.4. The minimum Gasteiger partial charge on any atom is -0.341 e. The molecule has 0 radical (unpaired) electrons. The van der Waals surface area contributed by atoms with Crippen molar-refractivity contribution in [3.8, 4) is 22.4 Å². The van der Waals surface area contributed by atoms with Crippen molar-refractivity contribution in [2.75, 3.05) is 0 Å². The van der Waals surface area contributed by atoms with Gasteiger partial charge in [0.2, 0.25) is 0 Å². The van der Waals surface area contributed by atoms with Gasteiger partial charge in [0.25, 0.3) is 0 Å². The van der Waals surface area contributed by atoms with E-state index in [1.54, 1.807) is 0 Å². The first-order valence-corrected chi connectivity index (χ1v) is 17.6. The molecule has 0 aliphatic rings. The van der Waals surface area contributed by atoms with E-state index in [1.807, 2.05) is 36.5 Å². The molecule has 0 N–H and O–H groups in total. The predicted octanol–water partition coefficient (Wildman–Crippen LogP) is 12.1. The van der Waals surface area contributed by atoms with Gasteiger partial charge in [-0.05, 0) is 90.7 Å². The summed E-state index contributed by atoms with van der Waals surface area (Å²) in [6, 6.07) is 46.6. The number of rotatable bonds is 7. The summed E-state index contributed by atoms with van der Waals surface area (Å²) in [5.41, 5.74) is 11.1. The third-order valence-corrected chi connectivity index (χ3v) is 10.4. The SMILES string of the molecule is CCn1c2ccccc2c2cc(C(c3ccc(-c4cccc(-c5ccc(F)cc5F)c4)nc3)c3ccc4c5ccccc5n(CC)c4c3)ccc21. The fourth-order valence-corrected chi connectivity index (χ4v) is 8.07. The molecule has 0 fully saturated rings. The molecule has 3 aromatic heterocycles. The molecule has 0 spiro atoms. The molecule has 5 heteroatoms. The van der Waals surface area contributed by atoms with Gasteiger partial charge in [-0.1, -0.05) is 78.9 Å². The van der Waals surface area contributed by atoms with Gasteiger partial charge in [-0.3, -0.25) is 4.98 Å². The Labute approximate surface area is 295 Å². The zero-order valence-corrected chi connectivity index (χ0v) is 28.4. The van der Waals surface area contributed by atoms with E-state index in [4.69, 9.17) is 4.98 Å². The number of nitrogens with zero attached hydrogens (tertiary/aromatic N) is 3. The van der Waals surface area contributed by atoms with Gasteiger partial charge in [0.05, 0.1) is 5.69 Å². The molecule has 0 aliphatic heterocycles. The summed E-state index contributed by atoms with van der Waals surface area (Å²) >= 11 is 0. The van der Waals surface area contributed by atoms with Crippen LogP contribution in [0, 0.1) is 11.6 Å². The van der Waals surface area contributed by atoms with Crippen molar-refractivity contribution in [3.63, 3.8) is 0 Å². The van der Waals surface area contributed by atoms with Crippen LogP contribution in [0.2, 0.25) is 0 Å². The minimum absolute atomic E-state index is 0.0768. The fraction of sp³-hybridized carbons (Fsp3) is 0.109. The highest BCUT2D eigenvalue weighted by Crippen LogP contribution is 2.39. The fourth-order valence-electron chi connectivity index (χ4n) is 8.07. The Morgan fingerprint density at radius 1 is 0.510 bits per heavy atom. The Bertz CT molecular complexity index is 2750. The lowest BCUT2D eigenvalue weighted by Crippen LogP contribution is -2.05. The number of aromatic nitrogens is 3. The number of aryl methyl sites for hydroxylation is 2. The molecule has 0 bridgehead atoms. The van der Waals surface area contributed by atoms with Gasteiger partial charge in [-0.2, -0.15) is 0 Å². The quantitative estimate of drug-likeness (QED) is 0.166. The van der Waals surface area contributed by atoms with Crippen LogP contribution in [-0.2, 0) is 13.1 Å². The van der Waals surface area contributed by atoms with Gasteiger partial charge in [-0.25, -0.2) is 8.78 Å². The van der Waals surface area contributed by atoms with Crippen LogP contribution in [0.3, 0.4) is 0 Å². The zero-order valence-electron chi connectivity index (χ0n) is 28.4. The van der Waals surface area contributed by atoms with Gasteiger partial charge < -0.3 is 9.13 Å². The molecule has 0 saturated heterocycles. The van der Waals surface area contributed by atoms with Crippen molar-refractivity contribution in [3.05, 3.63) is 174 Å². The molecule has 3 nitrogen and oxygen atoms in total. The molecule has 9 aromatic rings. The smallest absolute Gasteiger partial charge is 0.133 e. The molecule has 51 heavy (non-hydrogen) atoms. The average Bonchev–Trinajstić information content (AvgIpc) is 3.66. The van der Waals surface area contributed by atoms with Crippen LogP contribution in [0.4, 0.5) is 8.78 Å². The van der Waals surface area contributed by atoms with Crippen LogP contribution >= 0.6 is 0 Å². The van der Waals surface area contributed by atoms with E-state index in [0.717, 1.165) is 36.0 Å². The molecule has 6 aromatic carbocycles. The van der Waals surface area contributed by atoms with Crippen LogP contribution < -0.4 is 0 Å². The van der Waals surface area contributed by atoms with E-state index in [1.165, 1.54) is 66.9 Å². The van der Waals surface area contributed by atoms with Gasteiger partial charge in [0.1, 0.15) is 11.6 Å². The third kappa shape index (κ3) is 5.11. The van der Waals surface area contributed by atoms with Crippen LogP contribution in [0.15, 0.2) is 146 Å². The number of pyridine rings is 1.